The van der Waals surface area contributed by atoms with Gasteiger partial charge in [-0.3, -0.25) is 5.92 Å². The van der Waals surface area contributed by atoms with E-state index in [0.29, 0.717) is 0 Å². The molecular weight excluding hydrogens is 243 g/mol. The molecule has 4 heteroatoms. The summed E-state index contributed by atoms with van der Waals surface area (Å²) in [6.45, 7) is 10.7. The summed E-state index contributed by atoms with van der Waals surface area (Å²) in [5.74, 6) is 1.15. The molecule has 1 fully saturated rings. The van der Waals surface area contributed by atoms with Gasteiger partial charge < -0.3 is 9.53 Å². The molecule has 0 aliphatic carbocycles. The fraction of sp³-hybridized carbons (Fsp3) is 0.917. The van der Waals surface area contributed by atoms with E-state index in [2.05, 4.69) is 33.9 Å². The molecule has 1 heterocycles. The molecule has 1 aliphatic heterocycles. The molecule has 0 saturated carbocycles. The summed E-state index contributed by atoms with van der Waals surface area (Å²) in [6.07, 6.45) is 3.17. The van der Waals surface area contributed by atoms with E-state index < -0.39 is 13.9 Å². The van der Waals surface area contributed by atoms with Crippen molar-refractivity contribution in [2.45, 2.75) is 70.9 Å². The van der Waals surface area contributed by atoms with Crippen molar-refractivity contribution in [1.82, 2.24) is 0 Å². The Labute approximate surface area is 144 Å². The van der Waals surface area contributed by atoms with Gasteiger partial charge >= 0.3 is 51.4 Å². The Morgan fingerprint density at radius 2 is 2.00 bits per heavy atom. The molecule has 2 atom stereocenters. The van der Waals surface area contributed by atoms with Crippen molar-refractivity contribution in [3.05, 3.63) is 5.92 Å². The smallest absolute Gasteiger partial charge is 0.445 e. The van der Waals surface area contributed by atoms with E-state index in [1.54, 1.807) is 0 Å². The van der Waals surface area contributed by atoms with Crippen molar-refractivity contribution in [2.75, 3.05) is 0 Å². The van der Waals surface area contributed by atoms with Gasteiger partial charge in [-0.25, -0.2) is 0 Å². The third kappa shape index (κ3) is 4.16. The van der Waals surface area contributed by atoms with Gasteiger partial charge in [-0.05, 0) is 19.1 Å². The van der Waals surface area contributed by atoms with Crippen molar-refractivity contribution in [1.29, 1.82) is 0 Å². The molecule has 1 rings (SSSR count). The summed E-state index contributed by atoms with van der Waals surface area (Å²) in [6, 6.07) is 0.850. The van der Waals surface area contributed by atoms with E-state index in [9.17, 15) is 5.11 Å². The van der Waals surface area contributed by atoms with Crippen LogP contribution in [0, 0.1) is 5.92 Å². The summed E-state index contributed by atoms with van der Waals surface area (Å²) < 4.78 is 6.17. The fourth-order valence-electron chi connectivity index (χ4n) is 2.60. The second-order valence-corrected chi connectivity index (χ2v) is 9.51. The Kier molecular flexibility index (Phi) is 7.55. The zero-order valence-electron chi connectivity index (χ0n) is 11.8. The minimum Gasteiger partial charge on any atom is -0.445 e. The summed E-state index contributed by atoms with van der Waals surface area (Å²) >= 11 is 0. The molecule has 0 bridgehead atoms. The van der Waals surface area contributed by atoms with Crippen LogP contribution in [0.5, 0.6) is 0 Å². The van der Waals surface area contributed by atoms with Crippen molar-refractivity contribution in [3.63, 3.8) is 0 Å². The molecule has 0 radical (unpaired) electrons. The van der Waals surface area contributed by atoms with Crippen LogP contribution in [0.15, 0.2) is 0 Å². The molecule has 0 amide bonds. The van der Waals surface area contributed by atoms with Gasteiger partial charge in [0.15, 0.2) is 8.32 Å². The first-order chi connectivity index (χ1) is 6.84. The van der Waals surface area contributed by atoms with E-state index in [1.165, 1.54) is 0 Å². The molecule has 16 heavy (non-hydrogen) atoms. The zero-order chi connectivity index (χ0) is 11.7. The van der Waals surface area contributed by atoms with Crippen LogP contribution in [0.3, 0.4) is 0 Å². The number of hydrogen-bond donors (Lipinski definition) is 1. The van der Waals surface area contributed by atoms with Crippen molar-refractivity contribution in [2.24, 2.45) is 0 Å². The standard InChI is InChI=1S/C12H25O2Si.K/c1-6-8-11-10(3)12(13,7-2)9-15(4,5)14-11;/h11,13H,6-9H2,1-5H3;/q-1;+1/t11-,12+;/m0./s1. The first kappa shape index (κ1) is 17.8. The summed E-state index contributed by atoms with van der Waals surface area (Å²) in [5, 5.41) is 10.6. The summed E-state index contributed by atoms with van der Waals surface area (Å²) in [4.78, 5) is 0. The van der Waals surface area contributed by atoms with Crippen molar-refractivity contribution < 1.29 is 60.9 Å². The summed E-state index contributed by atoms with van der Waals surface area (Å²) in [5.41, 5.74) is -0.562. The van der Waals surface area contributed by atoms with Crippen LogP contribution in [-0.4, -0.2) is 25.1 Å². The van der Waals surface area contributed by atoms with Gasteiger partial charge in [0.05, 0.1) is 0 Å². The van der Waals surface area contributed by atoms with E-state index in [0.717, 1.165) is 31.2 Å². The minimum atomic E-state index is -1.66. The van der Waals surface area contributed by atoms with Gasteiger partial charge in [0.25, 0.3) is 0 Å². The summed E-state index contributed by atoms with van der Waals surface area (Å²) in [7, 11) is -1.66. The topological polar surface area (TPSA) is 29.5 Å². The van der Waals surface area contributed by atoms with Crippen LogP contribution in [0.4, 0.5) is 0 Å². The van der Waals surface area contributed by atoms with Crippen molar-refractivity contribution >= 4 is 8.32 Å². The molecule has 1 aliphatic rings. The SMILES string of the molecule is CCC[C@@H]1O[Si](C)(C)C[C@](O)(CC)[C-]1C.[K+]. The Morgan fingerprint density at radius 1 is 1.44 bits per heavy atom. The molecule has 0 unspecified atom stereocenters. The molecule has 2 nitrogen and oxygen atoms in total. The largest absolute Gasteiger partial charge is 1.00 e. The normalized spacial score (nSPS) is 34.5. The molecule has 0 aromatic heterocycles. The molecule has 90 valence electrons. The van der Waals surface area contributed by atoms with Crippen LogP contribution in [0.25, 0.3) is 0 Å². The molecular formula is C12H25KO2Si. The molecule has 0 aromatic rings. The fourth-order valence-corrected chi connectivity index (χ4v) is 5.69. The average Bonchev–Trinajstić information content (AvgIpc) is 2.13. The predicted octanol–water partition coefficient (Wildman–Crippen LogP) is 0.130. The Balaban J connectivity index is 0.00000225. The van der Waals surface area contributed by atoms with Gasteiger partial charge in [0, 0.05) is 0 Å². The average molecular weight is 269 g/mol. The van der Waals surface area contributed by atoms with E-state index in [1.807, 2.05) is 0 Å². The number of hydrogen-bond acceptors (Lipinski definition) is 2. The Bertz CT molecular complexity index is 223. The second kappa shape index (κ2) is 6.80. The maximum atomic E-state index is 10.6. The van der Waals surface area contributed by atoms with E-state index in [-0.39, 0.29) is 57.5 Å². The van der Waals surface area contributed by atoms with Gasteiger partial charge in [0.1, 0.15) is 0 Å². The van der Waals surface area contributed by atoms with Gasteiger partial charge in [0.2, 0.25) is 0 Å². The third-order valence-electron chi connectivity index (χ3n) is 3.53. The maximum absolute atomic E-state index is 10.6. The van der Waals surface area contributed by atoms with E-state index >= 15 is 0 Å². The monoisotopic (exact) mass is 268 g/mol. The molecule has 1 N–H and O–H groups in total. The van der Waals surface area contributed by atoms with Crippen LogP contribution in [-0.2, 0) is 4.43 Å². The number of aliphatic hydroxyl groups is 1. The second-order valence-electron chi connectivity index (χ2n) is 5.40. The van der Waals surface area contributed by atoms with E-state index in [4.69, 9.17) is 4.43 Å². The van der Waals surface area contributed by atoms with Gasteiger partial charge in [-0.1, -0.05) is 44.8 Å². The Hall–Kier alpha value is 1.77. The molecule has 1 saturated heterocycles. The van der Waals surface area contributed by atoms with Crippen LogP contribution >= 0.6 is 0 Å². The van der Waals surface area contributed by atoms with Gasteiger partial charge in [-0.2, -0.15) is 6.92 Å². The van der Waals surface area contributed by atoms with Crippen LogP contribution in [0.1, 0.15) is 40.0 Å². The molecule has 0 spiro atoms. The zero-order valence-corrected chi connectivity index (χ0v) is 15.9. The maximum Gasteiger partial charge on any atom is 1.00 e. The predicted molar refractivity (Wildman–Crippen MR) is 66.2 cm³/mol. The quantitative estimate of drug-likeness (QED) is 0.582. The molecule has 0 aromatic carbocycles. The minimum absolute atomic E-state index is 0. The third-order valence-corrected chi connectivity index (χ3v) is 5.89. The van der Waals surface area contributed by atoms with Gasteiger partial charge in [-0.15, -0.1) is 0 Å². The Morgan fingerprint density at radius 3 is 2.44 bits per heavy atom. The first-order valence-electron chi connectivity index (χ1n) is 6.09. The van der Waals surface area contributed by atoms with Crippen LogP contribution < -0.4 is 51.4 Å². The first-order valence-corrected chi connectivity index (χ1v) is 9.20. The van der Waals surface area contributed by atoms with Crippen molar-refractivity contribution in [3.8, 4) is 0 Å². The number of rotatable bonds is 3. The van der Waals surface area contributed by atoms with Crippen LogP contribution in [0.2, 0.25) is 19.1 Å².